The van der Waals surface area contributed by atoms with Gasteiger partial charge in [0.1, 0.15) is 0 Å². The van der Waals surface area contributed by atoms with Crippen molar-refractivity contribution in [2.75, 3.05) is 29.9 Å². The molecule has 1 saturated heterocycles. The summed E-state index contributed by atoms with van der Waals surface area (Å²) in [5.41, 5.74) is 0.629. The Labute approximate surface area is 115 Å². The molecule has 0 aliphatic carbocycles. The molecule has 0 aromatic carbocycles. The summed E-state index contributed by atoms with van der Waals surface area (Å²) >= 11 is 0. The number of carbonyl (C=O) groups excluding carboxylic acids is 1. The summed E-state index contributed by atoms with van der Waals surface area (Å²) in [5.74, 6) is 0.201. The van der Waals surface area contributed by atoms with Crippen LogP contribution in [0.15, 0.2) is 24.4 Å². The van der Waals surface area contributed by atoms with Gasteiger partial charge >= 0.3 is 6.03 Å². The van der Waals surface area contributed by atoms with Crippen molar-refractivity contribution in [1.29, 1.82) is 0 Å². The first kappa shape index (κ1) is 12.9. The molecule has 2 amide bonds. The van der Waals surface area contributed by atoms with Crippen molar-refractivity contribution in [2.24, 2.45) is 0 Å². The topological polar surface area (TPSA) is 96.7 Å². The predicted octanol–water partition coefficient (Wildman–Crippen LogP) is -0.00840. The van der Waals surface area contributed by atoms with E-state index < -0.39 is 9.84 Å². The Morgan fingerprint density at radius 3 is 2.70 bits per heavy atom. The standard InChI is InChI=1S/C11H13N5O3S/c17-11(15-5-7-20(18,19)8-6-15)13-10-12-9-3-1-2-4-16(9)14-10/h1-4H,5-8H2,(H,13,14,17). The van der Waals surface area contributed by atoms with Gasteiger partial charge < -0.3 is 4.90 Å². The van der Waals surface area contributed by atoms with E-state index in [4.69, 9.17) is 0 Å². The van der Waals surface area contributed by atoms with Crippen LogP contribution in [-0.4, -0.2) is 58.5 Å². The highest BCUT2D eigenvalue weighted by atomic mass is 32.2. The second kappa shape index (κ2) is 4.75. The van der Waals surface area contributed by atoms with E-state index in [1.54, 1.807) is 16.8 Å². The number of carbonyl (C=O) groups is 1. The minimum atomic E-state index is -3.00. The van der Waals surface area contributed by atoms with Gasteiger partial charge in [0, 0.05) is 19.3 Å². The zero-order valence-corrected chi connectivity index (χ0v) is 11.4. The first-order valence-electron chi connectivity index (χ1n) is 6.11. The number of rotatable bonds is 1. The van der Waals surface area contributed by atoms with Crippen LogP contribution in [0.2, 0.25) is 0 Å². The van der Waals surface area contributed by atoms with E-state index in [2.05, 4.69) is 15.4 Å². The first-order valence-corrected chi connectivity index (χ1v) is 7.93. The van der Waals surface area contributed by atoms with Gasteiger partial charge in [-0.3, -0.25) is 5.32 Å². The molecular formula is C11H13N5O3S. The molecular weight excluding hydrogens is 282 g/mol. The lowest BCUT2D eigenvalue weighted by atomic mass is 10.5. The second-order valence-electron chi connectivity index (χ2n) is 4.51. The van der Waals surface area contributed by atoms with Crippen molar-refractivity contribution in [2.45, 2.75) is 0 Å². The van der Waals surface area contributed by atoms with Crippen LogP contribution in [0.1, 0.15) is 0 Å². The predicted molar refractivity (Wildman–Crippen MR) is 72.2 cm³/mol. The highest BCUT2D eigenvalue weighted by molar-refractivity contribution is 7.91. The van der Waals surface area contributed by atoms with E-state index in [9.17, 15) is 13.2 Å². The third kappa shape index (κ3) is 2.57. The van der Waals surface area contributed by atoms with Crippen molar-refractivity contribution < 1.29 is 13.2 Å². The molecule has 0 radical (unpaired) electrons. The number of amides is 2. The minimum Gasteiger partial charge on any atom is -0.322 e. The Balaban J connectivity index is 1.70. The van der Waals surface area contributed by atoms with Gasteiger partial charge in [-0.1, -0.05) is 6.07 Å². The third-order valence-electron chi connectivity index (χ3n) is 3.09. The quantitative estimate of drug-likeness (QED) is 0.798. The average molecular weight is 295 g/mol. The zero-order chi connectivity index (χ0) is 14.2. The summed E-state index contributed by atoms with van der Waals surface area (Å²) in [5, 5.41) is 6.68. The second-order valence-corrected chi connectivity index (χ2v) is 6.81. The van der Waals surface area contributed by atoms with Crippen molar-refractivity contribution in [3.63, 3.8) is 0 Å². The monoisotopic (exact) mass is 295 g/mol. The molecule has 8 nitrogen and oxygen atoms in total. The summed E-state index contributed by atoms with van der Waals surface area (Å²) in [6.07, 6.45) is 1.73. The van der Waals surface area contributed by atoms with Crippen molar-refractivity contribution in [3.05, 3.63) is 24.4 Å². The number of nitrogens with one attached hydrogen (secondary N) is 1. The Hall–Kier alpha value is -2.16. The van der Waals surface area contributed by atoms with Crippen LogP contribution in [0.3, 0.4) is 0 Å². The molecule has 0 atom stereocenters. The van der Waals surface area contributed by atoms with Gasteiger partial charge in [0.25, 0.3) is 5.95 Å². The lowest BCUT2D eigenvalue weighted by molar-refractivity contribution is 0.216. The Bertz CT molecular complexity index is 707. The van der Waals surface area contributed by atoms with Gasteiger partial charge in [-0.2, -0.15) is 4.98 Å². The van der Waals surface area contributed by atoms with Crippen LogP contribution < -0.4 is 5.32 Å². The summed E-state index contributed by atoms with van der Waals surface area (Å²) < 4.78 is 24.2. The minimum absolute atomic E-state index is 0.000978. The molecule has 2 aromatic rings. The first-order chi connectivity index (χ1) is 9.53. The SMILES string of the molecule is O=C(Nc1nc2ccccn2n1)N1CCS(=O)(=O)CC1. The van der Waals surface area contributed by atoms with Crippen LogP contribution in [0, 0.1) is 0 Å². The number of nitrogens with zero attached hydrogens (tertiary/aromatic N) is 4. The summed E-state index contributed by atoms with van der Waals surface area (Å²) in [6.45, 7) is 0.392. The normalized spacial score (nSPS) is 18.1. The van der Waals surface area contributed by atoms with Crippen LogP contribution in [0.25, 0.3) is 5.65 Å². The molecule has 1 N–H and O–H groups in total. The van der Waals surface area contributed by atoms with Crippen molar-refractivity contribution in [3.8, 4) is 0 Å². The zero-order valence-electron chi connectivity index (χ0n) is 10.6. The molecule has 3 heterocycles. The number of pyridine rings is 1. The fourth-order valence-electron chi connectivity index (χ4n) is 1.97. The average Bonchev–Trinajstić information content (AvgIpc) is 2.80. The molecule has 0 unspecified atom stereocenters. The smallest absolute Gasteiger partial charge is 0.322 e. The molecule has 20 heavy (non-hydrogen) atoms. The molecule has 0 saturated carbocycles. The van der Waals surface area contributed by atoms with Crippen LogP contribution >= 0.6 is 0 Å². The summed E-state index contributed by atoms with van der Waals surface area (Å²) in [6, 6.07) is 5.03. The van der Waals surface area contributed by atoms with E-state index >= 15 is 0 Å². The van der Waals surface area contributed by atoms with Gasteiger partial charge in [0.15, 0.2) is 15.5 Å². The van der Waals surface area contributed by atoms with E-state index in [1.165, 1.54) is 4.90 Å². The maximum absolute atomic E-state index is 12.0. The molecule has 3 rings (SSSR count). The molecule has 9 heteroatoms. The van der Waals surface area contributed by atoms with Crippen LogP contribution in [0.4, 0.5) is 10.7 Å². The molecule has 1 aliphatic rings. The molecule has 0 bridgehead atoms. The lowest BCUT2D eigenvalue weighted by Crippen LogP contribution is -2.45. The molecule has 2 aromatic heterocycles. The highest BCUT2D eigenvalue weighted by Gasteiger charge is 2.25. The van der Waals surface area contributed by atoms with Gasteiger partial charge in [-0.15, -0.1) is 5.10 Å². The van der Waals surface area contributed by atoms with E-state index in [0.717, 1.165) is 0 Å². The van der Waals surface area contributed by atoms with E-state index in [0.29, 0.717) is 5.65 Å². The van der Waals surface area contributed by atoms with Gasteiger partial charge in [0.2, 0.25) is 0 Å². The summed E-state index contributed by atoms with van der Waals surface area (Å²) in [7, 11) is -3.00. The van der Waals surface area contributed by atoms with E-state index in [1.807, 2.05) is 12.1 Å². The maximum Gasteiger partial charge on any atom is 0.324 e. The number of fused-ring (bicyclic) bond motifs is 1. The van der Waals surface area contributed by atoms with Gasteiger partial charge in [-0.25, -0.2) is 17.7 Å². The number of urea groups is 1. The lowest BCUT2D eigenvalue weighted by Gasteiger charge is -2.26. The number of aromatic nitrogens is 3. The molecule has 1 aliphatic heterocycles. The molecule has 1 fully saturated rings. The largest absolute Gasteiger partial charge is 0.324 e. The molecule has 106 valence electrons. The summed E-state index contributed by atoms with van der Waals surface area (Å²) in [4.78, 5) is 17.6. The number of hydrogen-bond donors (Lipinski definition) is 1. The number of hydrogen-bond acceptors (Lipinski definition) is 5. The van der Waals surface area contributed by atoms with E-state index in [-0.39, 0.29) is 36.6 Å². The Morgan fingerprint density at radius 1 is 1.25 bits per heavy atom. The highest BCUT2D eigenvalue weighted by Crippen LogP contribution is 2.08. The Kier molecular flexibility index (Phi) is 3.05. The fourth-order valence-corrected chi connectivity index (χ4v) is 3.18. The van der Waals surface area contributed by atoms with Crippen LogP contribution in [0.5, 0.6) is 0 Å². The van der Waals surface area contributed by atoms with Crippen molar-refractivity contribution >= 4 is 27.5 Å². The third-order valence-corrected chi connectivity index (χ3v) is 4.70. The molecule has 0 spiro atoms. The van der Waals surface area contributed by atoms with Crippen molar-refractivity contribution in [1.82, 2.24) is 19.5 Å². The number of sulfone groups is 1. The number of anilines is 1. The maximum atomic E-state index is 12.0. The van der Waals surface area contributed by atoms with Gasteiger partial charge in [0.05, 0.1) is 11.5 Å². The van der Waals surface area contributed by atoms with Gasteiger partial charge in [-0.05, 0) is 12.1 Å². The fraction of sp³-hybridized carbons (Fsp3) is 0.364. The Morgan fingerprint density at radius 2 is 2.00 bits per heavy atom. The van der Waals surface area contributed by atoms with Crippen LogP contribution in [-0.2, 0) is 9.84 Å².